The Morgan fingerprint density at radius 1 is 1.33 bits per heavy atom. The van der Waals surface area contributed by atoms with Crippen LogP contribution in [0.4, 0.5) is 0 Å². The number of allylic oxidation sites excluding steroid dienone is 1. The lowest BCUT2D eigenvalue weighted by Gasteiger charge is -2.25. The first kappa shape index (κ1) is 13.3. The van der Waals surface area contributed by atoms with Crippen molar-refractivity contribution in [2.45, 2.75) is 38.0 Å². The average molecular weight is 309 g/mol. The number of aliphatic carboxylic acids is 1. The minimum atomic E-state index is -0.703. The van der Waals surface area contributed by atoms with Gasteiger partial charge in [0, 0.05) is 4.47 Å². The summed E-state index contributed by atoms with van der Waals surface area (Å²) < 4.78 is 0.922. The monoisotopic (exact) mass is 308 g/mol. The Morgan fingerprint density at radius 2 is 1.94 bits per heavy atom. The number of rotatable bonds is 3. The van der Waals surface area contributed by atoms with Crippen LogP contribution in [-0.4, -0.2) is 11.1 Å². The molecule has 1 aliphatic rings. The molecule has 0 amide bonds. The van der Waals surface area contributed by atoms with Crippen LogP contribution < -0.4 is 0 Å². The first-order valence-corrected chi connectivity index (χ1v) is 6.95. The van der Waals surface area contributed by atoms with Gasteiger partial charge in [0.2, 0.25) is 0 Å². The second-order valence-electron chi connectivity index (χ2n) is 5.10. The lowest BCUT2D eigenvalue weighted by Crippen LogP contribution is -2.32. The molecule has 1 fully saturated rings. The zero-order chi connectivity index (χ0) is 13.3. The first-order chi connectivity index (χ1) is 8.45. The summed E-state index contributed by atoms with van der Waals surface area (Å²) >= 11 is 3.47. The van der Waals surface area contributed by atoms with Crippen LogP contribution in [0, 0.1) is 0 Å². The molecule has 1 N–H and O–H groups in total. The molecule has 18 heavy (non-hydrogen) atoms. The number of hydrogen-bond acceptors (Lipinski definition) is 1. The molecule has 0 heterocycles. The fourth-order valence-corrected chi connectivity index (χ4v) is 3.21. The Kier molecular flexibility index (Phi) is 3.62. The van der Waals surface area contributed by atoms with Crippen molar-refractivity contribution in [2.24, 2.45) is 0 Å². The number of halogens is 1. The number of carboxylic acid groups (broad SMARTS) is 1. The maximum absolute atomic E-state index is 11.7. The molecule has 96 valence electrons. The summed E-state index contributed by atoms with van der Waals surface area (Å²) in [6.07, 6.45) is 3.44. The SMILES string of the molecule is C=C(C)c1cc(Br)cc(C2(C(=O)O)CCCC2)c1. The van der Waals surface area contributed by atoms with E-state index in [1.807, 2.05) is 25.1 Å². The highest BCUT2D eigenvalue weighted by molar-refractivity contribution is 9.10. The summed E-state index contributed by atoms with van der Waals surface area (Å²) in [6, 6.07) is 5.90. The van der Waals surface area contributed by atoms with E-state index in [1.165, 1.54) is 0 Å². The Balaban J connectivity index is 2.55. The largest absolute Gasteiger partial charge is 0.481 e. The maximum atomic E-state index is 11.7. The van der Waals surface area contributed by atoms with E-state index in [1.54, 1.807) is 0 Å². The summed E-state index contributed by atoms with van der Waals surface area (Å²) in [4.78, 5) is 11.7. The Morgan fingerprint density at radius 3 is 2.44 bits per heavy atom. The van der Waals surface area contributed by atoms with Crippen LogP contribution in [0.15, 0.2) is 29.3 Å². The lowest BCUT2D eigenvalue weighted by molar-refractivity contribution is -0.143. The Bertz CT molecular complexity index is 499. The predicted octanol–water partition coefficient (Wildman–Crippen LogP) is 4.38. The van der Waals surface area contributed by atoms with Gasteiger partial charge in [0.25, 0.3) is 0 Å². The van der Waals surface area contributed by atoms with Gasteiger partial charge in [0.05, 0.1) is 5.41 Å². The van der Waals surface area contributed by atoms with Crippen LogP contribution in [0.1, 0.15) is 43.7 Å². The van der Waals surface area contributed by atoms with Crippen LogP contribution in [0.3, 0.4) is 0 Å². The van der Waals surface area contributed by atoms with Gasteiger partial charge in [-0.15, -0.1) is 0 Å². The standard InChI is InChI=1S/C15H17BrO2/c1-10(2)11-7-12(9-13(16)8-11)15(14(17)18)5-3-4-6-15/h7-9H,1,3-6H2,2H3,(H,17,18). The summed E-state index contributed by atoms with van der Waals surface area (Å²) in [5.41, 5.74) is 2.16. The minimum absolute atomic E-state index is 0.700. The molecule has 0 atom stereocenters. The Labute approximate surface area is 116 Å². The zero-order valence-electron chi connectivity index (χ0n) is 10.5. The third-order valence-electron chi connectivity index (χ3n) is 3.81. The van der Waals surface area contributed by atoms with Gasteiger partial charge in [-0.3, -0.25) is 4.79 Å². The van der Waals surface area contributed by atoms with Crippen molar-refractivity contribution in [1.82, 2.24) is 0 Å². The fraction of sp³-hybridized carbons (Fsp3) is 0.400. The van der Waals surface area contributed by atoms with E-state index in [2.05, 4.69) is 22.5 Å². The average Bonchev–Trinajstić information content (AvgIpc) is 2.78. The van der Waals surface area contributed by atoms with Crippen molar-refractivity contribution in [2.75, 3.05) is 0 Å². The highest BCUT2D eigenvalue weighted by atomic mass is 79.9. The van der Waals surface area contributed by atoms with Crippen molar-refractivity contribution >= 4 is 27.5 Å². The van der Waals surface area contributed by atoms with Crippen LogP contribution >= 0.6 is 15.9 Å². The molecule has 0 spiro atoms. The molecule has 0 saturated heterocycles. The van der Waals surface area contributed by atoms with Crippen LogP contribution in [0.5, 0.6) is 0 Å². The molecule has 1 aliphatic carbocycles. The molecule has 1 aromatic carbocycles. The molecule has 2 nitrogen and oxygen atoms in total. The minimum Gasteiger partial charge on any atom is -0.481 e. The quantitative estimate of drug-likeness (QED) is 0.899. The smallest absolute Gasteiger partial charge is 0.314 e. The number of carbonyl (C=O) groups is 1. The van der Waals surface area contributed by atoms with Gasteiger partial charge in [-0.25, -0.2) is 0 Å². The van der Waals surface area contributed by atoms with Crippen molar-refractivity contribution in [3.8, 4) is 0 Å². The lowest BCUT2D eigenvalue weighted by atomic mass is 9.78. The summed E-state index contributed by atoms with van der Waals surface area (Å²) in [5, 5.41) is 9.60. The number of benzene rings is 1. The molecule has 0 bridgehead atoms. The number of carboxylic acids is 1. The van der Waals surface area contributed by atoms with Gasteiger partial charge in [0.1, 0.15) is 0 Å². The summed E-state index contributed by atoms with van der Waals surface area (Å²) in [6.45, 7) is 5.87. The molecular formula is C15H17BrO2. The number of hydrogen-bond donors (Lipinski definition) is 1. The molecule has 0 unspecified atom stereocenters. The van der Waals surface area contributed by atoms with Crippen molar-refractivity contribution in [1.29, 1.82) is 0 Å². The second kappa shape index (κ2) is 4.88. The van der Waals surface area contributed by atoms with Crippen LogP contribution in [0.25, 0.3) is 5.57 Å². The molecule has 1 aromatic rings. The Hall–Kier alpha value is -1.09. The van der Waals surface area contributed by atoms with E-state index in [0.29, 0.717) is 0 Å². The van der Waals surface area contributed by atoms with Crippen LogP contribution in [-0.2, 0) is 10.2 Å². The van der Waals surface area contributed by atoms with E-state index in [-0.39, 0.29) is 0 Å². The van der Waals surface area contributed by atoms with Crippen molar-refractivity contribution < 1.29 is 9.90 Å². The highest BCUT2D eigenvalue weighted by Crippen LogP contribution is 2.42. The van der Waals surface area contributed by atoms with Crippen LogP contribution in [0.2, 0.25) is 0 Å². The fourth-order valence-electron chi connectivity index (χ4n) is 2.72. The van der Waals surface area contributed by atoms with E-state index in [0.717, 1.165) is 46.9 Å². The van der Waals surface area contributed by atoms with Crippen molar-refractivity contribution in [3.05, 3.63) is 40.4 Å². The molecular weight excluding hydrogens is 292 g/mol. The molecule has 0 aromatic heterocycles. The predicted molar refractivity (Wildman–Crippen MR) is 76.6 cm³/mol. The van der Waals surface area contributed by atoms with Gasteiger partial charge >= 0.3 is 5.97 Å². The van der Waals surface area contributed by atoms with E-state index >= 15 is 0 Å². The van der Waals surface area contributed by atoms with Gasteiger partial charge < -0.3 is 5.11 Å². The van der Waals surface area contributed by atoms with Gasteiger partial charge in [-0.05, 0) is 43.0 Å². The van der Waals surface area contributed by atoms with Gasteiger partial charge in [-0.2, -0.15) is 0 Å². The first-order valence-electron chi connectivity index (χ1n) is 6.16. The third kappa shape index (κ3) is 2.24. The molecule has 2 rings (SSSR count). The van der Waals surface area contributed by atoms with Gasteiger partial charge in [0.15, 0.2) is 0 Å². The summed E-state index contributed by atoms with van der Waals surface area (Å²) in [7, 11) is 0. The normalized spacial score (nSPS) is 17.7. The molecule has 1 saturated carbocycles. The van der Waals surface area contributed by atoms with Crippen molar-refractivity contribution in [3.63, 3.8) is 0 Å². The van der Waals surface area contributed by atoms with Gasteiger partial charge in [-0.1, -0.05) is 47.0 Å². The summed E-state index contributed by atoms with van der Waals surface area (Å²) in [5.74, 6) is -0.703. The second-order valence-corrected chi connectivity index (χ2v) is 6.02. The zero-order valence-corrected chi connectivity index (χ0v) is 12.1. The van der Waals surface area contributed by atoms with E-state index < -0.39 is 11.4 Å². The third-order valence-corrected chi connectivity index (χ3v) is 4.27. The topological polar surface area (TPSA) is 37.3 Å². The highest BCUT2D eigenvalue weighted by Gasteiger charge is 2.43. The molecule has 3 heteroatoms. The molecule has 0 aliphatic heterocycles. The molecule has 0 radical (unpaired) electrons. The van der Waals surface area contributed by atoms with E-state index in [4.69, 9.17) is 0 Å². The van der Waals surface area contributed by atoms with E-state index in [9.17, 15) is 9.90 Å². The maximum Gasteiger partial charge on any atom is 0.314 e.